The van der Waals surface area contributed by atoms with E-state index in [4.69, 9.17) is 4.74 Å². The lowest BCUT2D eigenvalue weighted by atomic mass is 10.1. The minimum atomic E-state index is -3.48. The number of carbonyl (C=O) groups excluding carboxylic acids is 1. The van der Waals surface area contributed by atoms with E-state index in [2.05, 4.69) is 19.2 Å². The summed E-state index contributed by atoms with van der Waals surface area (Å²) in [6.07, 6.45) is 5.21. The number of sulfonamides is 1. The van der Waals surface area contributed by atoms with Crippen LogP contribution in [0.3, 0.4) is 0 Å². The van der Waals surface area contributed by atoms with Crippen LogP contribution in [0.15, 0.2) is 35.2 Å². The molecule has 0 saturated carbocycles. The van der Waals surface area contributed by atoms with Gasteiger partial charge in [-0.15, -0.1) is 0 Å². The lowest BCUT2D eigenvalue weighted by Gasteiger charge is -2.26. The fourth-order valence-corrected chi connectivity index (χ4v) is 4.05. The van der Waals surface area contributed by atoms with E-state index in [9.17, 15) is 13.2 Å². The molecule has 0 aliphatic carbocycles. The number of nitrogens with zero attached hydrogens (tertiary/aromatic N) is 1. The molecule has 26 heavy (non-hydrogen) atoms. The normalized spacial score (nSPS) is 16.3. The number of carbonyl (C=O) groups is 1. The van der Waals surface area contributed by atoms with E-state index in [-0.39, 0.29) is 10.8 Å². The molecule has 6 nitrogen and oxygen atoms in total. The summed E-state index contributed by atoms with van der Waals surface area (Å²) < 4.78 is 31.7. The van der Waals surface area contributed by atoms with E-state index in [0.717, 1.165) is 18.4 Å². The first-order valence-electron chi connectivity index (χ1n) is 9.03. The van der Waals surface area contributed by atoms with Gasteiger partial charge in [-0.3, -0.25) is 4.79 Å². The number of morpholine rings is 1. The van der Waals surface area contributed by atoms with Gasteiger partial charge in [0.25, 0.3) is 0 Å². The third-order valence-corrected chi connectivity index (χ3v) is 6.09. The van der Waals surface area contributed by atoms with Crippen molar-refractivity contribution in [1.29, 1.82) is 0 Å². The van der Waals surface area contributed by atoms with Gasteiger partial charge in [0.15, 0.2) is 0 Å². The van der Waals surface area contributed by atoms with Crippen LogP contribution in [0.5, 0.6) is 0 Å². The van der Waals surface area contributed by atoms with Gasteiger partial charge in [0.05, 0.1) is 18.1 Å². The first kappa shape index (κ1) is 20.6. The Morgan fingerprint density at radius 3 is 2.50 bits per heavy atom. The first-order chi connectivity index (χ1) is 12.4. The molecule has 0 atom stereocenters. The summed E-state index contributed by atoms with van der Waals surface area (Å²) in [6, 6.07) is 6.56. The van der Waals surface area contributed by atoms with E-state index in [0.29, 0.717) is 38.8 Å². The molecule has 1 amide bonds. The largest absolute Gasteiger partial charge is 0.379 e. The lowest BCUT2D eigenvalue weighted by molar-refractivity contribution is -0.116. The zero-order valence-corrected chi connectivity index (χ0v) is 16.3. The molecular formula is C19H28N2O4S. The monoisotopic (exact) mass is 380 g/mol. The van der Waals surface area contributed by atoms with Crippen molar-refractivity contribution >= 4 is 22.0 Å². The van der Waals surface area contributed by atoms with E-state index >= 15 is 0 Å². The number of amides is 1. The predicted molar refractivity (Wildman–Crippen MR) is 102 cm³/mol. The number of benzene rings is 1. The molecule has 1 heterocycles. The van der Waals surface area contributed by atoms with Gasteiger partial charge in [-0.1, -0.05) is 26.0 Å². The van der Waals surface area contributed by atoms with Crippen molar-refractivity contribution in [2.75, 3.05) is 32.8 Å². The smallest absolute Gasteiger partial charge is 0.243 e. The van der Waals surface area contributed by atoms with Crippen LogP contribution in [0.25, 0.3) is 6.08 Å². The molecule has 1 aliphatic heterocycles. The number of hydrogen-bond acceptors (Lipinski definition) is 4. The number of hydrogen-bond donors (Lipinski definition) is 1. The highest BCUT2D eigenvalue weighted by atomic mass is 32.2. The van der Waals surface area contributed by atoms with Crippen molar-refractivity contribution in [3.63, 3.8) is 0 Å². The van der Waals surface area contributed by atoms with E-state index in [1.54, 1.807) is 30.3 Å². The standard InChI is InChI=1S/C19H28N2O4S/c1-16(2)4-3-11-20-19(22)10-7-17-5-8-18(9-6-17)26(23,24)21-12-14-25-15-13-21/h5-10,16H,3-4,11-15H2,1-2H3,(H,20,22)/b10-7+. The molecule has 1 aliphatic rings. The molecule has 1 aromatic rings. The Labute approximate surface area is 156 Å². The van der Waals surface area contributed by atoms with Crippen molar-refractivity contribution in [1.82, 2.24) is 9.62 Å². The van der Waals surface area contributed by atoms with Crippen LogP contribution in [0.2, 0.25) is 0 Å². The molecule has 0 aromatic heterocycles. The first-order valence-corrected chi connectivity index (χ1v) is 10.5. The fourth-order valence-electron chi connectivity index (χ4n) is 2.64. The van der Waals surface area contributed by atoms with Gasteiger partial charge in [-0.25, -0.2) is 8.42 Å². The Morgan fingerprint density at radius 1 is 1.23 bits per heavy atom. The summed E-state index contributed by atoms with van der Waals surface area (Å²) in [5.41, 5.74) is 0.781. The third kappa shape index (κ3) is 6.23. The minimum Gasteiger partial charge on any atom is -0.379 e. The van der Waals surface area contributed by atoms with Gasteiger partial charge in [0.1, 0.15) is 0 Å². The van der Waals surface area contributed by atoms with Gasteiger partial charge in [-0.05, 0) is 42.5 Å². The van der Waals surface area contributed by atoms with Crippen molar-refractivity contribution in [2.45, 2.75) is 31.6 Å². The molecular weight excluding hydrogens is 352 g/mol. The number of ether oxygens (including phenoxy) is 1. The van der Waals surface area contributed by atoms with E-state index in [1.165, 1.54) is 10.4 Å². The summed E-state index contributed by atoms with van der Waals surface area (Å²) in [5.74, 6) is 0.494. The number of nitrogens with one attached hydrogen (secondary N) is 1. The van der Waals surface area contributed by atoms with E-state index in [1.807, 2.05) is 0 Å². The van der Waals surface area contributed by atoms with Gasteiger partial charge in [0.2, 0.25) is 15.9 Å². The van der Waals surface area contributed by atoms with Crippen LogP contribution < -0.4 is 5.32 Å². The van der Waals surface area contributed by atoms with Crippen LogP contribution in [-0.2, 0) is 19.6 Å². The maximum absolute atomic E-state index is 12.5. The highest BCUT2D eigenvalue weighted by molar-refractivity contribution is 7.89. The Balaban J connectivity index is 1.89. The molecule has 7 heteroatoms. The Bertz CT molecular complexity index is 706. The lowest BCUT2D eigenvalue weighted by Crippen LogP contribution is -2.40. The van der Waals surface area contributed by atoms with Crippen LogP contribution in [0, 0.1) is 5.92 Å². The minimum absolute atomic E-state index is 0.140. The van der Waals surface area contributed by atoms with Crippen LogP contribution in [-0.4, -0.2) is 51.5 Å². The Kier molecular flexibility index (Phi) is 7.81. The maximum Gasteiger partial charge on any atom is 0.243 e. The van der Waals surface area contributed by atoms with Gasteiger partial charge < -0.3 is 10.1 Å². The Hall–Kier alpha value is -1.70. The molecule has 144 valence electrons. The second-order valence-electron chi connectivity index (χ2n) is 6.75. The molecule has 1 saturated heterocycles. The average molecular weight is 381 g/mol. The predicted octanol–water partition coefficient (Wildman–Crippen LogP) is 2.27. The zero-order chi connectivity index (χ0) is 19.0. The Morgan fingerprint density at radius 2 is 1.88 bits per heavy atom. The summed E-state index contributed by atoms with van der Waals surface area (Å²) >= 11 is 0. The van der Waals surface area contributed by atoms with Crippen molar-refractivity contribution in [3.8, 4) is 0 Å². The molecule has 0 unspecified atom stereocenters. The molecule has 2 rings (SSSR count). The highest BCUT2D eigenvalue weighted by Gasteiger charge is 2.25. The topological polar surface area (TPSA) is 75.7 Å². The fraction of sp³-hybridized carbons (Fsp3) is 0.526. The molecule has 0 radical (unpaired) electrons. The van der Waals surface area contributed by atoms with E-state index < -0.39 is 10.0 Å². The average Bonchev–Trinajstić information content (AvgIpc) is 2.64. The zero-order valence-electron chi connectivity index (χ0n) is 15.5. The van der Waals surface area contributed by atoms with Gasteiger partial charge in [-0.2, -0.15) is 4.31 Å². The second-order valence-corrected chi connectivity index (χ2v) is 8.68. The van der Waals surface area contributed by atoms with Crippen molar-refractivity contribution in [2.24, 2.45) is 5.92 Å². The maximum atomic E-state index is 12.5. The molecule has 1 aromatic carbocycles. The van der Waals surface area contributed by atoms with Crippen molar-refractivity contribution in [3.05, 3.63) is 35.9 Å². The number of rotatable bonds is 8. The SMILES string of the molecule is CC(C)CCCNC(=O)/C=C/c1ccc(S(=O)(=O)N2CCOCC2)cc1. The van der Waals surface area contributed by atoms with Crippen LogP contribution in [0.1, 0.15) is 32.3 Å². The molecule has 0 bridgehead atoms. The second kappa shape index (κ2) is 9.85. The van der Waals surface area contributed by atoms with Crippen LogP contribution >= 0.6 is 0 Å². The quantitative estimate of drug-likeness (QED) is 0.554. The summed E-state index contributed by atoms with van der Waals surface area (Å²) in [5, 5.41) is 2.85. The van der Waals surface area contributed by atoms with Gasteiger partial charge >= 0.3 is 0 Å². The molecule has 1 fully saturated rings. The van der Waals surface area contributed by atoms with Crippen LogP contribution in [0.4, 0.5) is 0 Å². The molecule has 1 N–H and O–H groups in total. The summed E-state index contributed by atoms with van der Waals surface area (Å²) in [7, 11) is -3.48. The third-order valence-electron chi connectivity index (χ3n) is 4.17. The van der Waals surface area contributed by atoms with Crippen molar-refractivity contribution < 1.29 is 17.9 Å². The highest BCUT2D eigenvalue weighted by Crippen LogP contribution is 2.18. The summed E-state index contributed by atoms with van der Waals surface area (Å²) in [4.78, 5) is 12.0. The molecule has 0 spiro atoms. The summed E-state index contributed by atoms with van der Waals surface area (Å²) in [6.45, 7) is 6.58. The van der Waals surface area contributed by atoms with Gasteiger partial charge in [0, 0.05) is 25.7 Å².